The summed E-state index contributed by atoms with van der Waals surface area (Å²) in [5.74, 6) is -2.76. The Morgan fingerprint density at radius 3 is 1.15 bits per heavy atom. The third kappa shape index (κ3) is 12.9. The van der Waals surface area contributed by atoms with Crippen LogP contribution in [0, 0.1) is 49.2 Å². The summed E-state index contributed by atoms with van der Waals surface area (Å²) in [5.41, 5.74) is 4.60. The van der Waals surface area contributed by atoms with Crippen molar-refractivity contribution in [3.05, 3.63) is 180 Å². The van der Waals surface area contributed by atoms with Gasteiger partial charge in [-0.2, -0.15) is 36.4 Å². The Morgan fingerprint density at radius 1 is 0.566 bits per heavy atom. The standard InChI is InChI=1S/2C17H16F2NO.2C5H5.Ti/c2*1-12-2-5-14(6-3-12)20(11-15-8-9-21-15)17-7-4-13(18)10-16(17)19;2*1-2-4-5-3-1;/h2*2-7,15H,8-9,11H2,1H3;2*1-5H;/q4*-1;+4. The van der Waals surface area contributed by atoms with Crippen molar-refractivity contribution in [2.24, 2.45) is 0 Å². The Kier molecular flexibility index (Phi) is 16.6. The monoisotopic (exact) mass is 754 g/mol. The number of aryl methyl sites for hydroxylation is 2. The normalized spacial score (nSPS) is 15.3. The zero-order valence-corrected chi connectivity index (χ0v) is 31.4. The van der Waals surface area contributed by atoms with Crippen LogP contribution in [0.15, 0.2) is 133 Å². The molecule has 6 aromatic carbocycles. The largest absolute Gasteiger partial charge is 4.00 e. The fraction of sp³-hybridized carbons (Fsp3) is 0.227. The van der Waals surface area contributed by atoms with Crippen LogP contribution in [0.25, 0.3) is 0 Å². The van der Waals surface area contributed by atoms with Crippen molar-refractivity contribution in [1.82, 2.24) is 0 Å². The van der Waals surface area contributed by atoms with Crippen LogP contribution >= 0.6 is 0 Å². The van der Waals surface area contributed by atoms with Crippen LogP contribution in [0.5, 0.6) is 0 Å². The third-order valence-corrected chi connectivity index (χ3v) is 8.43. The van der Waals surface area contributed by atoms with Gasteiger partial charge in [0.05, 0.1) is 12.2 Å². The molecule has 8 rings (SSSR count). The Balaban J connectivity index is 0.000000184. The van der Waals surface area contributed by atoms with E-state index < -0.39 is 23.3 Å². The Bertz CT molecular complexity index is 1700. The maximum Gasteiger partial charge on any atom is 4.00 e. The van der Waals surface area contributed by atoms with Crippen molar-refractivity contribution in [3.63, 3.8) is 0 Å². The second-order valence-electron chi connectivity index (χ2n) is 12.4. The van der Waals surface area contributed by atoms with Gasteiger partial charge in [0.25, 0.3) is 0 Å². The number of hydrogen-bond acceptors (Lipinski definition) is 4. The number of rotatable bonds is 8. The molecule has 0 amide bonds. The molecule has 2 fully saturated rings. The molecule has 0 N–H and O–H groups in total. The maximum absolute atomic E-state index is 14.1. The molecule has 0 aliphatic carbocycles. The second-order valence-corrected chi connectivity index (χ2v) is 12.4. The van der Waals surface area contributed by atoms with E-state index in [9.17, 15) is 17.6 Å². The van der Waals surface area contributed by atoms with Gasteiger partial charge >= 0.3 is 21.7 Å². The summed E-state index contributed by atoms with van der Waals surface area (Å²) in [6.07, 6.45) is 2.07. The molecule has 2 heterocycles. The Morgan fingerprint density at radius 2 is 0.906 bits per heavy atom. The first-order valence-electron chi connectivity index (χ1n) is 17.3. The van der Waals surface area contributed by atoms with E-state index >= 15 is 0 Å². The van der Waals surface area contributed by atoms with E-state index in [2.05, 4.69) is 12.1 Å². The summed E-state index contributed by atoms with van der Waals surface area (Å²) >= 11 is 0. The summed E-state index contributed by atoms with van der Waals surface area (Å²) < 4.78 is 65.1. The number of ether oxygens (including phenoxy) is 2. The van der Waals surface area contributed by atoms with Crippen LogP contribution in [0.3, 0.4) is 0 Å². The first kappa shape index (κ1) is 41.3. The quantitative estimate of drug-likeness (QED) is 0.0878. The minimum atomic E-state index is -0.694. The van der Waals surface area contributed by atoms with E-state index in [1.165, 1.54) is 24.3 Å². The van der Waals surface area contributed by atoms with Crippen LogP contribution in [0.1, 0.15) is 24.0 Å². The van der Waals surface area contributed by atoms with Gasteiger partial charge in [-0.15, -0.1) is 36.4 Å². The minimum Gasteiger partial charge on any atom is -0.390 e. The van der Waals surface area contributed by atoms with Gasteiger partial charge in [0.1, 0.15) is 0 Å². The molecule has 0 bridgehead atoms. The molecular formula is C44H42F4N2O2Ti. The zero-order chi connectivity index (χ0) is 36.7. The van der Waals surface area contributed by atoms with Crippen LogP contribution < -0.4 is 9.80 Å². The molecule has 2 aliphatic heterocycles. The molecule has 53 heavy (non-hydrogen) atoms. The van der Waals surface area contributed by atoms with Crippen LogP contribution in [-0.4, -0.2) is 38.5 Å². The maximum atomic E-state index is 14.1. The van der Waals surface area contributed by atoms with E-state index in [0.29, 0.717) is 24.5 Å². The predicted molar refractivity (Wildman–Crippen MR) is 200 cm³/mol. The summed E-state index contributed by atoms with van der Waals surface area (Å²) in [6, 6.07) is 45.1. The van der Waals surface area contributed by atoms with Gasteiger partial charge in [0.2, 0.25) is 0 Å². The summed E-state index contributed by atoms with van der Waals surface area (Å²) in [6.45, 7) is 6.55. The van der Waals surface area contributed by atoms with Gasteiger partial charge in [-0.05, 0) is 62.3 Å². The molecule has 2 atom stereocenters. The van der Waals surface area contributed by atoms with Gasteiger partial charge in [-0.25, -0.2) is 41.8 Å². The number of anilines is 4. The van der Waals surface area contributed by atoms with Crippen LogP contribution in [0.4, 0.5) is 40.3 Å². The number of halogens is 4. The van der Waals surface area contributed by atoms with E-state index in [0.717, 1.165) is 48.6 Å². The summed E-state index contributed by atoms with van der Waals surface area (Å²) in [4.78, 5) is 3.63. The fourth-order valence-corrected chi connectivity index (χ4v) is 5.33. The van der Waals surface area contributed by atoms with Gasteiger partial charge in [0.15, 0.2) is 0 Å². The van der Waals surface area contributed by atoms with Crippen molar-refractivity contribution in [2.75, 3.05) is 36.1 Å². The van der Waals surface area contributed by atoms with Gasteiger partial charge in [0, 0.05) is 60.9 Å². The average molecular weight is 755 g/mol. The average Bonchev–Trinajstić information content (AvgIpc) is 3.87. The number of hydrogen-bond donors (Lipinski definition) is 0. The first-order chi connectivity index (χ1) is 25.3. The molecule has 0 aromatic heterocycles. The molecule has 2 saturated heterocycles. The molecule has 2 aliphatic rings. The fourth-order valence-electron chi connectivity index (χ4n) is 5.33. The van der Waals surface area contributed by atoms with E-state index in [1.54, 1.807) is 0 Å². The zero-order valence-electron chi connectivity index (χ0n) is 29.8. The van der Waals surface area contributed by atoms with Gasteiger partial charge < -0.3 is 19.3 Å². The minimum absolute atomic E-state index is 0. The van der Waals surface area contributed by atoms with Crippen LogP contribution in [-0.2, 0) is 31.2 Å². The number of nitrogens with zero attached hydrogens (tertiary/aromatic N) is 2. The second kappa shape index (κ2) is 21.3. The predicted octanol–water partition coefficient (Wildman–Crippen LogP) is 10.8. The summed E-state index contributed by atoms with van der Waals surface area (Å²) in [5, 5.41) is 0. The van der Waals surface area contributed by atoms with Crippen molar-refractivity contribution in [3.8, 4) is 0 Å². The molecule has 0 spiro atoms. The molecule has 0 radical (unpaired) electrons. The van der Waals surface area contributed by atoms with Gasteiger partial charge in [-0.1, -0.05) is 35.4 Å². The molecule has 0 saturated carbocycles. The molecular weight excluding hydrogens is 712 g/mol. The molecule has 272 valence electrons. The van der Waals surface area contributed by atoms with E-state index in [4.69, 9.17) is 9.47 Å². The van der Waals surface area contributed by atoms with E-state index in [1.807, 2.05) is 133 Å². The third-order valence-electron chi connectivity index (χ3n) is 8.43. The topological polar surface area (TPSA) is 24.9 Å². The first-order valence-corrected chi connectivity index (χ1v) is 17.3. The van der Waals surface area contributed by atoms with Gasteiger partial charge in [-0.3, -0.25) is 0 Å². The summed E-state index contributed by atoms with van der Waals surface area (Å²) in [7, 11) is 0. The van der Waals surface area contributed by atoms with Crippen molar-refractivity contribution in [1.29, 1.82) is 0 Å². The number of benzene rings is 4. The molecule has 4 nitrogen and oxygen atoms in total. The molecule has 6 aromatic rings. The SMILES string of the molecule is Cc1ccc(N(CC2CCO2)c2ccc(F)[c-]c2F)cc1.Cc1ccc(N(CC2CCO2)c2ccc(F)[c-]c2F)cc1.[Ti+4].c1cc[cH-]c1.c1cc[cH-]c1. The smallest absolute Gasteiger partial charge is 0.390 e. The van der Waals surface area contributed by atoms with Crippen LogP contribution in [0.2, 0.25) is 0 Å². The Labute approximate surface area is 325 Å². The van der Waals surface area contributed by atoms with Crippen molar-refractivity contribution < 1.29 is 48.8 Å². The Hall–Kier alpha value is -4.47. The molecule has 9 heteroatoms. The van der Waals surface area contributed by atoms with E-state index in [-0.39, 0.29) is 33.9 Å². The molecule has 2 unspecified atom stereocenters. The van der Waals surface area contributed by atoms with Crippen molar-refractivity contribution in [2.45, 2.75) is 38.9 Å². The van der Waals surface area contributed by atoms with Crippen molar-refractivity contribution >= 4 is 22.7 Å².